The summed E-state index contributed by atoms with van der Waals surface area (Å²) in [6, 6.07) is 9.85. The standard InChI is InChI=1S/C18H19N5O2/c1-3-4-10-15-20-22-17(25-15)18(24)23(2)12-14-11-19-21-16(14)13-8-6-5-7-9-13/h3-9,11H,10,12H2,1-2H3,(H,19,21)/b4-3+. The van der Waals surface area contributed by atoms with Crippen molar-refractivity contribution in [2.45, 2.75) is 19.9 Å². The normalized spacial score (nSPS) is 11.1. The molecule has 0 aliphatic heterocycles. The number of amides is 1. The van der Waals surface area contributed by atoms with Crippen LogP contribution in [0.2, 0.25) is 0 Å². The molecule has 0 radical (unpaired) electrons. The van der Waals surface area contributed by atoms with Gasteiger partial charge in [-0.1, -0.05) is 42.5 Å². The number of hydrogen-bond acceptors (Lipinski definition) is 5. The summed E-state index contributed by atoms with van der Waals surface area (Å²) in [5.74, 6) is 0.0920. The molecule has 3 aromatic rings. The predicted molar refractivity (Wildman–Crippen MR) is 92.6 cm³/mol. The van der Waals surface area contributed by atoms with E-state index < -0.39 is 0 Å². The van der Waals surface area contributed by atoms with Gasteiger partial charge < -0.3 is 9.32 Å². The van der Waals surface area contributed by atoms with E-state index in [1.54, 1.807) is 13.2 Å². The van der Waals surface area contributed by atoms with E-state index in [2.05, 4.69) is 20.4 Å². The minimum atomic E-state index is -0.320. The highest BCUT2D eigenvalue weighted by atomic mass is 16.4. The first-order valence-corrected chi connectivity index (χ1v) is 7.95. The van der Waals surface area contributed by atoms with Gasteiger partial charge in [-0.15, -0.1) is 10.2 Å². The second kappa shape index (κ2) is 7.57. The Hall–Kier alpha value is -3.22. The van der Waals surface area contributed by atoms with E-state index in [0.29, 0.717) is 18.9 Å². The van der Waals surface area contributed by atoms with Crippen molar-refractivity contribution in [1.29, 1.82) is 0 Å². The van der Waals surface area contributed by atoms with E-state index in [-0.39, 0.29) is 11.8 Å². The highest BCUT2D eigenvalue weighted by Gasteiger charge is 2.20. The number of carbonyl (C=O) groups excluding carboxylic acids is 1. The Morgan fingerprint density at radius 1 is 1.28 bits per heavy atom. The summed E-state index contributed by atoms with van der Waals surface area (Å²) < 4.78 is 5.41. The zero-order valence-corrected chi connectivity index (χ0v) is 14.1. The SMILES string of the molecule is C/C=C/Cc1nnc(C(=O)N(C)Cc2cn[nH]c2-c2ccccc2)o1. The molecule has 0 saturated heterocycles. The second-order valence-corrected chi connectivity index (χ2v) is 5.57. The van der Waals surface area contributed by atoms with Crippen molar-refractivity contribution < 1.29 is 9.21 Å². The van der Waals surface area contributed by atoms with Gasteiger partial charge in [-0.3, -0.25) is 9.89 Å². The Labute approximate surface area is 145 Å². The first-order valence-electron chi connectivity index (χ1n) is 7.95. The van der Waals surface area contributed by atoms with Crippen molar-refractivity contribution >= 4 is 5.91 Å². The lowest BCUT2D eigenvalue weighted by atomic mass is 10.1. The van der Waals surface area contributed by atoms with Gasteiger partial charge in [0.15, 0.2) is 0 Å². The van der Waals surface area contributed by atoms with Crippen LogP contribution in [0.15, 0.2) is 53.1 Å². The van der Waals surface area contributed by atoms with E-state index >= 15 is 0 Å². The Balaban J connectivity index is 1.72. The number of carbonyl (C=O) groups is 1. The lowest BCUT2D eigenvalue weighted by Crippen LogP contribution is -2.26. The molecule has 0 aliphatic rings. The minimum absolute atomic E-state index is 0.00763. The Morgan fingerprint density at radius 3 is 2.84 bits per heavy atom. The van der Waals surface area contributed by atoms with E-state index in [0.717, 1.165) is 16.8 Å². The van der Waals surface area contributed by atoms with Crippen LogP contribution in [0.3, 0.4) is 0 Å². The summed E-state index contributed by atoms with van der Waals surface area (Å²) in [5.41, 5.74) is 2.82. The van der Waals surface area contributed by atoms with Gasteiger partial charge in [0, 0.05) is 25.6 Å². The second-order valence-electron chi connectivity index (χ2n) is 5.57. The predicted octanol–water partition coefficient (Wildman–Crippen LogP) is 2.85. The van der Waals surface area contributed by atoms with Gasteiger partial charge >= 0.3 is 11.8 Å². The lowest BCUT2D eigenvalue weighted by molar-refractivity contribution is 0.0744. The summed E-state index contributed by atoms with van der Waals surface area (Å²) in [6.07, 6.45) is 6.02. The molecule has 1 amide bonds. The number of nitrogens with zero attached hydrogens (tertiary/aromatic N) is 4. The van der Waals surface area contributed by atoms with E-state index in [4.69, 9.17) is 4.42 Å². The van der Waals surface area contributed by atoms with Gasteiger partial charge in [0.1, 0.15) is 0 Å². The topological polar surface area (TPSA) is 87.9 Å². The number of aromatic nitrogens is 4. The van der Waals surface area contributed by atoms with Crippen LogP contribution in [0.4, 0.5) is 0 Å². The zero-order chi connectivity index (χ0) is 17.6. The molecule has 1 aromatic carbocycles. The van der Waals surface area contributed by atoms with Gasteiger partial charge in [0.05, 0.1) is 11.9 Å². The molecule has 2 aromatic heterocycles. The molecule has 1 N–H and O–H groups in total. The molecule has 0 atom stereocenters. The van der Waals surface area contributed by atoms with Crippen molar-refractivity contribution in [3.05, 3.63) is 66.0 Å². The molecule has 0 fully saturated rings. The maximum Gasteiger partial charge on any atom is 0.311 e. The Bertz CT molecular complexity index is 866. The van der Waals surface area contributed by atoms with Crippen LogP contribution in [0.5, 0.6) is 0 Å². The number of aromatic amines is 1. The molecular formula is C18H19N5O2. The summed E-state index contributed by atoms with van der Waals surface area (Å²) in [7, 11) is 1.69. The highest BCUT2D eigenvalue weighted by Crippen LogP contribution is 2.22. The average Bonchev–Trinajstić information content (AvgIpc) is 3.29. The minimum Gasteiger partial charge on any atom is -0.417 e. The van der Waals surface area contributed by atoms with Crippen LogP contribution in [-0.4, -0.2) is 38.2 Å². The van der Waals surface area contributed by atoms with E-state index in [1.807, 2.05) is 49.4 Å². The molecule has 7 heteroatoms. The first kappa shape index (κ1) is 16.6. The molecule has 0 saturated carbocycles. The third kappa shape index (κ3) is 3.82. The van der Waals surface area contributed by atoms with E-state index in [9.17, 15) is 4.79 Å². The number of benzene rings is 1. The smallest absolute Gasteiger partial charge is 0.311 e. The molecule has 2 heterocycles. The highest BCUT2D eigenvalue weighted by molar-refractivity contribution is 5.89. The van der Waals surface area contributed by atoms with Crippen molar-refractivity contribution in [2.24, 2.45) is 0 Å². The van der Waals surface area contributed by atoms with Crippen LogP contribution in [-0.2, 0) is 13.0 Å². The molecule has 0 aliphatic carbocycles. The monoisotopic (exact) mass is 337 g/mol. The molecular weight excluding hydrogens is 318 g/mol. The van der Waals surface area contributed by atoms with Gasteiger partial charge in [-0.05, 0) is 12.5 Å². The zero-order valence-electron chi connectivity index (χ0n) is 14.1. The maximum atomic E-state index is 12.5. The van der Waals surface area contributed by atoms with Gasteiger partial charge in [-0.2, -0.15) is 5.10 Å². The van der Waals surface area contributed by atoms with Gasteiger partial charge in [0.25, 0.3) is 0 Å². The van der Waals surface area contributed by atoms with Crippen molar-refractivity contribution in [3.63, 3.8) is 0 Å². The number of rotatable bonds is 6. The molecule has 0 unspecified atom stereocenters. The number of allylic oxidation sites excluding steroid dienone is 2. The molecule has 7 nitrogen and oxygen atoms in total. The molecule has 0 bridgehead atoms. The van der Waals surface area contributed by atoms with Crippen LogP contribution in [0, 0.1) is 0 Å². The fourth-order valence-electron chi connectivity index (χ4n) is 2.42. The first-order chi connectivity index (χ1) is 12.2. The summed E-state index contributed by atoms with van der Waals surface area (Å²) in [6.45, 7) is 2.29. The average molecular weight is 337 g/mol. The van der Waals surface area contributed by atoms with Crippen molar-refractivity contribution in [2.75, 3.05) is 7.05 Å². The summed E-state index contributed by atoms with van der Waals surface area (Å²) in [4.78, 5) is 14.0. The van der Waals surface area contributed by atoms with Crippen molar-refractivity contribution in [3.8, 4) is 11.3 Å². The molecule has 128 valence electrons. The number of nitrogens with one attached hydrogen (secondary N) is 1. The number of hydrogen-bond donors (Lipinski definition) is 1. The quantitative estimate of drug-likeness (QED) is 0.699. The fraction of sp³-hybridized carbons (Fsp3) is 0.222. The fourth-order valence-corrected chi connectivity index (χ4v) is 2.42. The Kier molecular flexibility index (Phi) is 5.03. The largest absolute Gasteiger partial charge is 0.417 e. The van der Waals surface area contributed by atoms with Gasteiger partial charge in [-0.25, -0.2) is 0 Å². The lowest BCUT2D eigenvalue weighted by Gasteiger charge is -2.14. The third-order valence-corrected chi connectivity index (χ3v) is 3.71. The van der Waals surface area contributed by atoms with Crippen LogP contribution >= 0.6 is 0 Å². The molecule has 0 spiro atoms. The summed E-state index contributed by atoms with van der Waals surface area (Å²) in [5, 5.41) is 14.8. The Morgan fingerprint density at radius 2 is 2.08 bits per heavy atom. The van der Waals surface area contributed by atoms with Crippen LogP contribution < -0.4 is 0 Å². The molecule has 25 heavy (non-hydrogen) atoms. The van der Waals surface area contributed by atoms with Crippen molar-refractivity contribution in [1.82, 2.24) is 25.3 Å². The number of H-pyrrole nitrogens is 1. The van der Waals surface area contributed by atoms with E-state index in [1.165, 1.54) is 4.90 Å². The maximum absolute atomic E-state index is 12.5. The van der Waals surface area contributed by atoms with Crippen LogP contribution in [0.1, 0.15) is 29.1 Å². The summed E-state index contributed by atoms with van der Waals surface area (Å²) >= 11 is 0. The molecule has 3 rings (SSSR count). The third-order valence-electron chi connectivity index (χ3n) is 3.71. The van der Waals surface area contributed by atoms with Gasteiger partial charge in [0.2, 0.25) is 5.89 Å². The van der Waals surface area contributed by atoms with Crippen LogP contribution in [0.25, 0.3) is 11.3 Å².